The van der Waals surface area contributed by atoms with Crippen LogP contribution in [0.4, 0.5) is 8.78 Å². The fraction of sp³-hybridized carbons (Fsp3) is 0.345. The normalized spacial score (nSPS) is 12.7. The van der Waals surface area contributed by atoms with Crippen molar-refractivity contribution in [1.29, 1.82) is 0 Å². The Bertz CT molecular complexity index is 1100. The van der Waals surface area contributed by atoms with Crippen LogP contribution in [0.25, 0.3) is 0 Å². The van der Waals surface area contributed by atoms with E-state index in [1.807, 2.05) is 31.2 Å². The van der Waals surface area contributed by atoms with Crippen LogP contribution in [-0.2, 0) is 30.6 Å². The lowest BCUT2D eigenvalue weighted by atomic mass is 10.00. The van der Waals surface area contributed by atoms with E-state index >= 15 is 0 Å². The molecule has 0 fully saturated rings. The number of aryl methyl sites for hydroxylation is 1. The highest BCUT2D eigenvalue weighted by atomic mass is 19.1. The molecule has 0 aliphatic rings. The second-order valence-electron chi connectivity index (χ2n) is 8.78. The molecule has 0 bridgehead atoms. The van der Waals surface area contributed by atoms with Crippen LogP contribution in [0.3, 0.4) is 0 Å². The number of ether oxygens (including phenoxy) is 1. The lowest BCUT2D eigenvalue weighted by Crippen LogP contribution is -2.49. The highest BCUT2D eigenvalue weighted by Gasteiger charge is 2.22. The van der Waals surface area contributed by atoms with E-state index in [1.54, 1.807) is 12.1 Å². The van der Waals surface area contributed by atoms with Crippen LogP contribution in [0, 0.1) is 11.6 Å². The first-order valence-electron chi connectivity index (χ1n) is 12.3. The topological polar surface area (TPSA) is 70.6 Å². The predicted molar refractivity (Wildman–Crippen MR) is 137 cm³/mol. The second kappa shape index (κ2) is 13.7. The van der Waals surface area contributed by atoms with Crippen LogP contribution in [0.2, 0.25) is 0 Å². The first kappa shape index (κ1) is 27.3. The highest BCUT2D eigenvalue weighted by molar-refractivity contribution is 5.79. The zero-order valence-electron chi connectivity index (χ0n) is 20.8. The number of carbonyl (C=O) groups excluding carboxylic acids is 1. The summed E-state index contributed by atoms with van der Waals surface area (Å²) < 4.78 is 32.9. The average molecular weight is 497 g/mol. The fourth-order valence-electron chi connectivity index (χ4n) is 4.05. The van der Waals surface area contributed by atoms with E-state index in [0.717, 1.165) is 29.4 Å². The molecule has 192 valence electrons. The summed E-state index contributed by atoms with van der Waals surface area (Å²) in [6.45, 7) is 5.28. The average Bonchev–Trinajstić information content (AvgIpc) is 2.84. The van der Waals surface area contributed by atoms with Crippen molar-refractivity contribution in [1.82, 2.24) is 10.6 Å². The second-order valence-corrected chi connectivity index (χ2v) is 8.78. The minimum atomic E-state index is -0.977. The van der Waals surface area contributed by atoms with Gasteiger partial charge in [-0.05, 0) is 66.3 Å². The Morgan fingerprint density at radius 3 is 2.28 bits per heavy atom. The molecule has 0 unspecified atom stereocenters. The van der Waals surface area contributed by atoms with E-state index in [-0.39, 0.29) is 25.3 Å². The molecule has 0 aliphatic heterocycles. The number of rotatable bonds is 13. The van der Waals surface area contributed by atoms with Gasteiger partial charge < -0.3 is 20.5 Å². The Hall–Kier alpha value is -3.29. The Kier molecular flexibility index (Phi) is 10.4. The summed E-state index contributed by atoms with van der Waals surface area (Å²) >= 11 is 0. The van der Waals surface area contributed by atoms with Crippen molar-refractivity contribution >= 4 is 5.91 Å². The predicted octanol–water partition coefficient (Wildman–Crippen LogP) is 4.35. The maximum atomic E-state index is 13.8. The van der Waals surface area contributed by atoms with Gasteiger partial charge in [0, 0.05) is 19.2 Å². The molecular formula is C29H34F2N2O3. The zero-order valence-corrected chi connectivity index (χ0v) is 20.8. The molecule has 2 atom stereocenters. The number of amides is 1. The first-order chi connectivity index (χ1) is 17.4. The van der Waals surface area contributed by atoms with Gasteiger partial charge in [-0.15, -0.1) is 0 Å². The van der Waals surface area contributed by atoms with Gasteiger partial charge >= 0.3 is 0 Å². The molecule has 3 aromatic rings. The smallest absolute Gasteiger partial charge is 0.224 e. The van der Waals surface area contributed by atoms with E-state index in [2.05, 4.69) is 29.7 Å². The number of nitrogens with one attached hydrogen (secondary N) is 2. The van der Waals surface area contributed by atoms with Crippen molar-refractivity contribution in [2.45, 2.75) is 51.8 Å². The Labute approximate surface area is 211 Å². The van der Waals surface area contributed by atoms with Crippen molar-refractivity contribution in [2.75, 3.05) is 13.2 Å². The van der Waals surface area contributed by atoms with Gasteiger partial charge in [-0.1, -0.05) is 43.3 Å². The molecule has 0 saturated carbocycles. The van der Waals surface area contributed by atoms with Gasteiger partial charge in [0.15, 0.2) is 0 Å². The Morgan fingerprint density at radius 1 is 0.917 bits per heavy atom. The van der Waals surface area contributed by atoms with Gasteiger partial charge in [0.05, 0.1) is 25.2 Å². The highest BCUT2D eigenvalue weighted by Crippen LogP contribution is 2.15. The SMILES string of the molecule is CCOc1ccc(CC(=O)N[C@@H](Cc2cc(F)cc(F)c2)[C@H](O)CNCc2cccc(CC)c2)cc1. The van der Waals surface area contributed by atoms with Crippen LogP contribution in [0.15, 0.2) is 66.7 Å². The summed E-state index contributed by atoms with van der Waals surface area (Å²) in [5.74, 6) is -0.977. The lowest BCUT2D eigenvalue weighted by Gasteiger charge is -2.25. The van der Waals surface area contributed by atoms with Crippen molar-refractivity contribution in [2.24, 2.45) is 0 Å². The molecule has 0 spiro atoms. The maximum absolute atomic E-state index is 13.8. The van der Waals surface area contributed by atoms with E-state index in [1.165, 1.54) is 17.7 Å². The number of hydrogen-bond donors (Lipinski definition) is 3. The number of halogens is 2. The number of aliphatic hydroxyl groups excluding tert-OH is 1. The Balaban J connectivity index is 1.65. The molecule has 0 aliphatic carbocycles. The molecule has 5 nitrogen and oxygen atoms in total. The monoisotopic (exact) mass is 496 g/mol. The molecule has 0 radical (unpaired) electrons. The number of hydrogen-bond acceptors (Lipinski definition) is 4. The molecule has 0 heterocycles. The van der Waals surface area contributed by atoms with Crippen LogP contribution < -0.4 is 15.4 Å². The van der Waals surface area contributed by atoms with E-state index in [9.17, 15) is 18.7 Å². The molecule has 3 N–H and O–H groups in total. The standard InChI is InChI=1S/C29H34F2N2O3/c1-3-20-6-5-7-22(12-20)18-32-19-28(34)27(15-23-13-24(30)17-25(31)14-23)33-29(35)16-21-8-10-26(11-9-21)36-4-2/h5-14,17,27-28,32,34H,3-4,15-16,18-19H2,1-2H3,(H,33,35)/t27-,28+/m0/s1. The Morgan fingerprint density at radius 2 is 1.61 bits per heavy atom. The summed E-state index contributed by atoms with van der Waals surface area (Å²) in [5, 5.41) is 17.0. The summed E-state index contributed by atoms with van der Waals surface area (Å²) in [5.41, 5.74) is 3.45. The molecule has 0 aromatic heterocycles. The zero-order chi connectivity index (χ0) is 25.9. The third-order valence-corrected chi connectivity index (χ3v) is 5.87. The maximum Gasteiger partial charge on any atom is 0.224 e. The quantitative estimate of drug-likeness (QED) is 0.329. The largest absolute Gasteiger partial charge is 0.494 e. The van der Waals surface area contributed by atoms with Crippen molar-refractivity contribution in [3.63, 3.8) is 0 Å². The molecule has 1 amide bonds. The fourth-order valence-corrected chi connectivity index (χ4v) is 4.05. The van der Waals surface area contributed by atoms with Crippen LogP contribution >= 0.6 is 0 Å². The number of benzene rings is 3. The van der Waals surface area contributed by atoms with Crippen LogP contribution in [0.1, 0.15) is 36.1 Å². The summed E-state index contributed by atoms with van der Waals surface area (Å²) in [7, 11) is 0. The summed E-state index contributed by atoms with van der Waals surface area (Å²) in [4.78, 5) is 12.8. The van der Waals surface area contributed by atoms with Gasteiger partial charge in [-0.3, -0.25) is 4.79 Å². The van der Waals surface area contributed by atoms with Gasteiger partial charge in [0.25, 0.3) is 0 Å². The third-order valence-electron chi connectivity index (χ3n) is 5.87. The molecular weight excluding hydrogens is 462 g/mol. The molecule has 0 saturated heterocycles. The van der Waals surface area contributed by atoms with Gasteiger partial charge in [-0.2, -0.15) is 0 Å². The number of carbonyl (C=O) groups is 1. The van der Waals surface area contributed by atoms with Gasteiger partial charge in [0.2, 0.25) is 5.91 Å². The van der Waals surface area contributed by atoms with Crippen molar-refractivity contribution in [3.8, 4) is 5.75 Å². The minimum absolute atomic E-state index is 0.0812. The van der Waals surface area contributed by atoms with E-state index in [0.29, 0.717) is 18.7 Å². The number of aliphatic hydroxyl groups is 1. The van der Waals surface area contributed by atoms with Crippen molar-refractivity contribution < 1.29 is 23.4 Å². The van der Waals surface area contributed by atoms with E-state index in [4.69, 9.17) is 4.74 Å². The lowest BCUT2D eigenvalue weighted by molar-refractivity contribution is -0.122. The molecule has 3 rings (SSSR count). The van der Waals surface area contributed by atoms with Crippen LogP contribution in [0.5, 0.6) is 5.75 Å². The minimum Gasteiger partial charge on any atom is -0.494 e. The summed E-state index contributed by atoms with van der Waals surface area (Å²) in [6.07, 6.45) is 0.140. The molecule has 7 heteroatoms. The van der Waals surface area contributed by atoms with Crippen molar-refractivity contribution in [3.05, 3.63) is 101 Å². The van der Waals surface area contributed by atoms with Gasteiger partial charge in [0.1, 0.15) is 17.4 Å². The van der Waals surface area contributed by atoms with Gasteiger partial charge in [-0.25, -0.2) is 8.78 Å². The first-order valence-corrected chi connectivity index (χ1v) is 12.3. The molecule has 36 heavy (non-hydrogen) atoms. The van der Waals surface area contributed by atoms with E-state index < -0.39 is 23.8 Å². The van der Waals surface area contributed by atoms with Crippen LogP contribution in [-0.4, -0.2) is 36.3 Å². The summed E-state index contributed by atoms with van der Waals surface area (Å²) in [6, 6.07) is 17.9. The molecule has 3 aromatic carbocycles. The third kappa shape index (κ3) is 8.73.